The highest BCUT2D eigenvalue weighted by molar-refractivity contribution is 6.30. The molecule has 0 atom stereocenters. The summed E-state index contributed by atoms with van der Waals surface area (Å²) in [5, 5.41) is 7.06. The van der Waals surface area contributed by atoms with Gasteiger partial charge in [-0.3, -0.25) is 4.79 Å². The second-order valence-corrected chi connectivity index (χ2v) is 6.37. The lowest BCUT2D eigenvalue weighted by Crippen LogP contribution is -2.53. The predicted octanol–water partition coefficient (Wildman–Crippen LogP) is 2.15. The number of carbonyl (C=O) groups is 1. The van der Waals surface area contributed by atoms with Crippen molar-refractivity contribution in [2.45, 2.75) is 18.3 Å². The Bertz CT molecular complexity index is 497. The molecule has 2 heterocycles. The van der Waals surface area contributed by atoms with Gasteiger partial charge in [0.2, 0.25) is 5.91 Å². The van der Waals surface area contributed by atoms with E-state index in [1.807, 2.05) is 24.3 Å². The van der Waals surface area contributed by atoms with Crippen LogP contribution in [0, 0.1) is 5.92 Å². The largest absolute Gasteiger partial charge is 0.381 e. The van der Waals surface area contributed by atoms with Gasteiger partial charge in [0.15, 0.2) is 0 Å². The van der Waals surface area contributed by atoms with E-state index in [0.29, 0.717) is 24.2 Å². The van der Waals surface area contributed by atoms with Crippen LogP contribution in [0.4, 0.5) is 0 Å². The molecule has 2 aliphatic rings. The highest BCUT2D eigenvalue weighted by atomic mass is 35.5. The Kier molecular flexibility index (Phi) is 6.09. The summed E-state index contributed by atoms with van der Waals surface area (Å²) in [6.07, 6.45) is 1.45. The third-order valence-corrected chi connectivity index (χ3v) is 4.85. The number of nitrogens with one attached hydrogen (secondary N) is 2. The fourth-order valence-corrected chi connectivity index (χ4v) is 3.16. The summed E-state index contributed by atoms with van der Waals surface area (Å²) in [7, 11) is 0. The first kappa shape index (κ1) is 17.5. The van der Waals surface area contributed by atoms with Crippen LogP contribution >= 0.6 is 24.0 Å². The number of benzene rings is 1. The zero-order chi connectivity index (χ0) is 14.7. The molecule has 2 aliphatic heterocycles. The van der Waals surface area contributed by atoms with Crippen LogP contribution in [0.25, 0.3) is 0 Å². The maximum atomic E-state index is 12.8. The molecule has 0 spiro atoms. The highest BCUT2D eigenvalue weighted by Gasteiger charge is 2.41. The molecule has 22 heavy (non-hydrogen) atoms. The standard InChI is InChI=1S/C16H21ClN2O2.ClH/c17-14-3-1-13(2-4-14)16(5-7-21-8-6-16)15(20)19-11-12-9-18-10-12;/h1-4,12,18H,5-11H2,(H,19,20);1H. The molecule has 6 heteroatoms. The number of amides is 1. The normalized spacial score (nSPS) is 20.6. The SMILES string of the molecule is Cl.O=C(NCC1CNC1)C1(c2ccc(Cl)cc2)CCOCC1. The van der Waals surface area contributed by atoms with Crippen molar-refractivity contribution < 1.29 is 9.53 Å². The molecular formula is C16H22Cl2N2O2. The van der Waals surface area contributed by atoms with Crippen molar-refractivity contribution >= 4 is 29.9 Å². The van der Waals surface area contributed by atoms with Crippen LogP contribution in [-0.4, -0.2) is 38.8 Å². The van der Waals surface area contributed by atoms with E-state index in [1.54, 1.807) is 0 Å². The van der Waals surface area contributed by atoms with Crippen molar-refractivity contribution in [1.82, 2.24) is 10.6 Å². The molecule has 0 radical (unpaired) electrons. The monoisotopic (exact) mass is 344 g/mol. The Morgan fingerprint density at radius 2 is 1.91 bits per heavy atom. The van der Waals surface area contributed by atoms with Gasteiger partial charge in [-0.25, -0.2) is 0 Å². The van der Waals surface area contributed by atoms with E-state index in [1.165, 1.54) is 0 Å². The molecule has 2 fully saturated rings. The van der Waals surface area contributed by atoms with E-state index in [0.717, 1.165) is 38.0 Å². The quantitative estimate of drug-likeness (QED) is 0.879. The van der Waals surface area contributed by atoms with Crippen LogP contribution in [0.5, 0.6) is 0 Å². The number of carbonyl (C=O) groups excluding carboxylic acids is 1. The third-order valence-electron chi connectivity index (χ3n) is 4.60. The fraction of sp³-hybridized carbons (Fsp3) is 0.562. The van der Waals surface area contributed by atoms with Crippen molar-refractivity contribution in [2.75, 3.05) is 32.8 Å². The van der Waals surface area contributed by atoms with Gasteiger partial charge in [0.05, 0.1) is 5.41 Å². The summed E-state index contributed by atoms with van der Waals surface area (Å²) < 4.78 is 5.46. The van der Waals surface area contributed by atoms with Crippen molar-refractivity contribution in [1.29, 1.82) is 0 Å². The highest BCUT2D eigenvalue weighted by Crippen LogP contribution is 2.35. The number of rotatable bonds is 4. The van der Waals surface area contributed by atoms with E-state index in [-0.39, 0.29) is 18.3 Å². The Labute approximate surface area is 142 Å². The Morgan fingerprint density at radius 3 is 2.45 bits per heavy atom. The Morgan fingerprint density at radius 1 is 1.27 bits per heavy atom. The van der Waals surface area contributed by atoms with Crippen LogP contribution in [0.2, 0.25) is 5.02 Å². The zero-order valence-corrected chi connectivity index (χ0v) is 14.0. The van der Waals surface area contributed by atoms with E-state index >= 15 is 0 Å². The maximum absolute atomic E-state index is 12.8. The summed E-state index contributed by atoms with van der Waals surface area (Å²) >= 11 is 5.97. The molecule has 1 amide bonds. The van der Waals surface area contributed by atoms with Gasteiger partial charge in [-0.2, -0.15) is 0 Å². The van der Waals surface area contributed by atoms with E-state index in [4.69, 9.17) is 16.3 Å². The third kappa shape index (κ3) is 3.57. The molecule has 122 valence electrons. The summed E-state index contributed by atoms with van der Waals surface area (Å²) in [6, 6.07) is 7.66. The second kappa shape index (κ2) is 7.64. The van der Waals surface area contributed by atoms with Crippen LogP contribution < -0.4 is 10.6 Å². The van der Waals surface area contributed by atoms with Gasteiger partial charge in [0, 0.05) is 43.8 Å². The number of hydrogen-bond acceptors (Lipinski definition) is 3. The minimum absolute atomic E-state index is 0. The first-order valence-corrected chi connectivity index (χ1v) is 7.91. The predicted molar refractivity (Wildman–Crippen MR) is 89.8 cm³/mol. The van der Waals surface area contributed by atoms with Crippen molar-refractivity contribution in [3.05, 3.63) is 34.9 Å². The van der Waals surface area contributed by atoms with Gasteiger partial charge in [0.25, 0.3) is 0 Å². The van der Waals surface area contributed by atoms with Crippen molar-refractivity contribution in [3.63, 3.8) is 0 Å². The molecule has 1 aromatic rings. The van der Waals surface area contributed by atoms with E-state index < -0.39 is 5.41 Å². The number of ether oxygens (including phenoxy) is 1. The Balaban J connectivity index is 0.00000176. The lowest BCUT2D eigenvalue weighted by molar-refractivity contribution is -0.130. The molecular weight excluding hydrogens is 323 g/mol. The molecule has 0 bridgehead atoms. The van der Waals surface area contributed by atoms with Gasteiger partial charge < -0.3 is 15.4 Å². The van der Waals surface area contributed by atoms with Crippen LogP contribution in [0.15, 0.2) is 24.3 Å². The first-order valence-electron chi connectivity index (χ1n) is 7.53. The Hall–Kier alpha value is -0.810. The summed E-state index contributed by atoms with van der Waals surface area (Å²) in [5.74, 6) is 0.691. The smallest absolute Gasteiger partial charge is 0.230 e. The molecule has 2 N–H and O–H groups in total. The second-order valence-electron chi connectivity index (χ2n) is 5.94. The first-order chi connectivity index (χ1) is 10.2. The molecule has 4 nitrogen and oxygen atoms in total. The van der Waals surface area contributed by atoms with Crippen LogP contribution in [0.3, 0.4) is 0 Å². The molecule has 0 saturated carbocycles. The average molecular weight is 345 g/mol. The van der Waals surface area contributed by atoms with Crippen molar-refractivity contribution in [2.24, 2.45) is 5.92 Å². The molecule has 3 rings (SSSR count). The molecule has 2 saturated heterocycles. The van der Waals surface area contributed by atoms with E-state index in [2.05, 4.69) is 10.6 Å². The zero-order valence-electron chi connectivity index (χ0n) is 12.4. The lowest BCUT2D eigenvalue weighted by atomic mass is 9.73. The molecule has 0 unspecified atom stereocenters. The summed E-state index contributed by atoms with van der Waals surface area (Å²) in [4.78, 5) is 12.8. The van der Waals surface area contributed by atoms with Gasteiger partial charge in [-0.05, 0) is 30.5 Å². The summed E-state index contributed by atoms with van der Waals surface area (Å²) in [5.41, 5.74) is 0.569. The van der Waals surface area contributed by atoms with Gasteiger partial charge in [-0.1, -0.05) is 23.7 Å². The van der Waals surface area contributed by atoms with E-state index in [9.17, 15) is 4.79 Å². The fourth-order valence-electron chi connectivity index (χ4n) is 3.03. The summed E-state index contributed by atoms with van der Waals surface area (Å²) in [6.45, 7) is 4.00. The van der Waals surface area contributed by atoms with Gasteiger partial charge in [0.1, 0.15) is 0 Å². The number of hydrogen-bond donors (Lipinski definition) is 2. The maximum Gasteiger partial charge on any atom is 0.230 e. The minimum atomic E-state index is -0.472. The number of halogens is 2. The van der Waals surface area contributed by atoms with Crippen molar-refractivity contribution in [3.8, 4) is 0 Å². The van der Waals surface area contributed by atoms with Crippen LogP contribution in [0.1, 0.15) is 18.4 Å². The van der Waals surface area contributed by atoms with Crippen LogP contribution in [-0.2, 0) is 14.9 Å². The average Bonchev–Trinajstić information content (AvgIpc) is 2.47. The van der Waals surface area contributed by atoms with Gasteiger partial charge >= 0.3 is 0 Å². The lowest BCUT2D eigenvalue weighted by Gasteiger charge is -2.37. The van der Waals surface area contributed by atoms with Gasteiger partial charge in [-0.15, -0.1) is 12.4 Å². The molecule has 0 aromatic heterocycles. The minimum Gasteiger partial charge on any atom is -0.381 e. The molecule has 0 aliphatic carbocycles. The topological polar surface area (TPSA) is 50.4 Å². The molecule has 1 aromatic carbocycles.